The van der Waals surface area contributed by atoms with E-state index in [1.165, 1.54) is 19.0 Å². The van der Waals surface area contributed by atoms with Crippen LogP contribution < -0.4 is 10.6 Å². The van der Waals surface area contributed by atoms with Crippen molar-refractivity contribution < 1.29 is 9.90 Å². The molecular formula is C15H22ClN3O2. The zero-order chi connectivity index (χ0) is 15.2. The Balaban J connectivity index is 2.01. The lowest BCUT2D eigenvalue weighted by Gasteiger charge is -2.16. The Bertz CT molecular complexity index is 486. The van der Waals surface area contributed by atoms with Crippen LogP contribution in [0.5, 0.6) is 0 Å². The monoisotopic (exact) mass is 311 g/mol. The Morgan fingerprint density at radius 3 is 2.81 bits per heavy atom. The predicted octanol–water partition coefficient (Wildman–Crippen LogP) is 2.59. The smallest absolute Gasteiger partial charge is 0.253 e. The van der Waals surface area contributed by atoms with E-state index >= 15 is 0 Å². The van der Waals surface area contributed by atoms with E-state index in [4.69, 9.17) is 11.6 Å². The fourth-order valence-electron chi connectivity index (χ4n) is 2.48. The van der Waals surface area contributed by atoms with Gasteiger partial charge in [-0.15, -0.1) is 0 Å². The van der Waals surface area contributed by atoms with Gasteiger partial charge in [0, 0.05) is 12.2 Å². The van der Waals surface area contributed by atoms with E-state index in [0.29, 0.717) is 16.4 Å². The van der Waals surface area contributed by atoms with Crippen molar-refractivity contribution in [3.8, 4) is 0 Å². The highest BCUT2D eigenvalue weighted by molar-refractivity contribution is 6.33. The molecular weight excluding hydrogens is 290 g/mol. The van der Waals surface area contributed by atoms with Gasteiger partial charge in [-0.25, -0.2) is 4.98 Å². The Kier molecular flexibility index (Phi) is 5.82. The number of nitrogens with one attached hydrogen (secondary N) is 2. The van der Waals surface area contributed by atoms with Crippen LogP contribution in [0, 0.1) is 0 Å². The molecule has 0 bridgehead atoms. The van der Waals surface area contributed by atoms with Crippen molar-refractivity contribution in [3.05, 3.63) is 22.8 Å². The molecule has 2 rings (SSSR count). The number of hydrogen-bond donors (Lipinski definition) is 3. The highest BCUT2D eigenvalue weighted by Crippen LogP contribution is 2.22. The van der Waals surface area contributed by atoms with Gasteiger partial charge in [0.1, 0.15) is 5.82 Å². The summed E-state index contributed by atoms with van der Waals surface area (Å²) in [5.74, 6) is 0.368. The van der Waals surface area contributed by atoms with Crippen LogP contribution in [0.25, 0.3) is 0 Å². The molecule has 1 aromatic rings. The number of rotatable bonds is 6. The number of aromatic nitrogens is 1. The molecule has 1 aliphatic carbocycles. The first-order chi connectivity index (χ1) is 10.1. The van der Waals surface area contributed by atoms with Crippen molar-refractivity contribution in [1.29, 1.82) is 0 Å². The maximum absolute atomic E-state index is 12.1. The van der Waals surface area contributed by atoms with E-state index in [2.05, 4.69) is 15.6 Å². The second kappa shape index (κ2) is 7.61. The van der Waals surface area contributed by atoms with E-state index < -0.39 is 0 Å². The van der Waals surface area contributed by atoms with Crippen LogP contribution in [0.15, 0.2) is 12.3 Å². The van der Waals surface area contributed by atoms with Gasteiger partial charge in [-0.1, -0.05) is 31.4 Å². The molecule has 0 aromatic carbocycles. The van der Waals surface area contributed by atoms with Crippen LogP contribution in [0.4, 0.5) is 5.82 Å². The molecule has 0 spiro atoms. The van der Waals surface area contributed by atoms with E-state index in [0.717, 1.165) is 19.3 Å². The van der Waals surface area contributed by atoms with E-state index in [9.17, 15) is 9.90 Å². The zero-order valence-corrected chi connectivity index (χ0v) is 13.0. The van der Waals surface area contributed by atoms with Crippen LogP contribution in [0.2, 0.25) is 5.02 Å². The number of hydrogen-bond acceptors (Lipinski definition) is 4. The Morgan fingerprint density at radius 2 is 2.24 bits per heavy atom. The van der Waals surface area contributed by atoms with Crippen LogP contribution in [0.1, 0.15) is 49.4 Å². The molecule has 0 aliphatic heterocycles. The van der Waals surface area contributed by atoms with Gasteiger partial charge in [0.25, 0.3) is 5.91 Å². The number of aliphatic hydroxyl groups is 1. The van der Waals surface area contributed by atoms with Gasteiger partial charge in [-0.2, -0.15) is 0 Å². The van der Waals surface area contributed by atoms with Gasteiger partial charge < -0.3 is 15.7 Å². The average molecular weight is 312 g/mol. The number of aliphatic hydroxyl groups excluding tert-OH is 1. The van der Waals surface area contributed by atoms with E-state index in [1.807, 2.05) is 6.92 Å². The molecule has 3 N–H and O–H groups in total. The van der Waals surface area contributed by atoms with Gasteiger partial charge in [0.2, 0.25) is 0 Å². The summed E-state index contributed by atoms with van der Waals surface area (Å²) in [4.78, 5) is 16.3. The fourth-order valence-corrected chi connectivity index (χ4v) is 2.70. The maximum Gasteiger partial charge on any atom is 0.253 e. The number of halogens is 1. The third-order valence-electron chi connectivity index (χ3n) is 3.85. The third kappa shape index (κ3) is 4.32. The largest absolute Gasteiger partial charge is 0.394 e. The topological polar surface area (TPSA) is 74.2 Å². The molecule has 1 aliphatic rings. The van der Waals surface area contributed by atoms with Crippen molar-refractivity contribution in [3.63, 3.8) is 0 Å². The Morgan fingerprint density at radius 1 is 1.52 bits per heavy atom. The molecule has 1 atom stereocenters. The summed E-state index contributed by atoms with van der Waals surface area (Å²) < 4.78 is 0. The number of anilines is 1. The van der Waals surface area contributed by atoms with Crippen molar-refractivity contribution >= 4 is 23.3 Å². The molecule has 1 aromatic heterocycles. The number of pyridine rings is 1. The van der Waals surface area contributed by atoms with Crippen molar-refractivity contribution in [2.24, 2.45) is 0 Å². The number of carbonyl (C=O) groups excluding carboxylic acids is 1. The second-order valence-electron chi connectivity index (χ2n) is 5.44. The lowest BCUT2D eigenvalue weighted by atomic mass is 10.2. The van der Waals surface area contributed by atoms with Crippen molar-refractivity contribution in [2.75, 3.05) is 11.9 Å². The van der Waals surface area contributed by atoms with Gasteiger partial charge in [0.15, 0.2) is 0 Å². The Labute approximate surface area is 130 Å². The molecule has 5 nitrogen and oxygen atoms in total. The average Bonchev–Trinajstić information content (AvgIpc) is 2.99. The SMILES string of the molecule is CC[C@@H](CO)Nc1ncc(C(=O)NC2CCCC2)cc1Cl. The van der Waals surface area contributed by atoms with Crippen LogP contribution in [0.3, 0.4) is 0 Å². The second-order valence-corrected chi connectivity index (χ2v) is 5.85. The quantitative estimate of drug-likeness (QED) is 0.755. The Hall–Kier alpha value is -1.33. The molecule has 0 unspecified atom stereocenters. The molecule has 6 heteroatoms. The summed E-state index contributed by atoms with van der Waals surface area (Å²) in [7, 11) is 0. The van der Waals surface area contributed by atoms with Gasteiger partial charge in [-0.05, 0) is 25.3 Å². The minimum absolute atomic E-state index is 0.0123. The highest BCUT2D eigenvalue weighted by Gasteiger charge is 2.19. The summed E-state index contributed by atoms with van der Waals surface area (Å²) in [5, 5.41) is 15.6. The number of nitrogens with zero attached hydrogens (tertiary/aromatic N) is 1. The number of carbonyl (C=O) groups is 1. The van der Waals surface area contributed by atoms with Crippen LogP contribution >= 0.6 is 11.6 Å². The molecule has 1 amide bonds. The number of amides is 1. The van der Waals surface area contributed by atoms with E-state index in [-0.39, 0.29) is 24.6 Å². The molecule has 0 radical (unpaired) electrons. The summed E-state index contributed by atoms with van der Waals surface area (Å²) in [6.45, 7) is 1.98. The molecule has 0 saturated heterocycles. The summed E-state index contributed by atoms with van der Waals surface area (Å²) in [5.41, 5.74) is 0.467. The predicted molar refractivity (Wildman–Crippen MR) is 83.8 cm³/mol. The first-order valence-electron chi connectivity index (χ1n) is 7.47. The summed E-state index contributed by atoms with van der Waals surface area (Å²) >= 11 is 6.16. The molecule has 21 heavy (non-hydrogen) atoms. The lowest BCUT2D eigenvalue weighted by molar-refractivity contribution is 0.0937. The van der Waals surface area contributed by atoms with Gasteiger partial charge in [-0.3, -0.25) is 4.79 Å². The highest BCUT2D eigenvalue weighted by atomic mass is 35.5. The normalized spacial score (nSPS) is 16.7. The minimum atomic E-state index is -0.128. The van der Waals surface area contributed by atoms with Gasteiger partial charge in [0.05, 0.1) is 23.2 Å². The van der Waals surface area contributed by atoms with Crippen LogP contribution in [-0.4, -0.2) is 34.7 Å². The first-order valence-corrected chi connectivity index (χ1v) is 7.85. The molecule has 1 heterocycles. The summed E-state index contributed by atoms with van der Waals surface area (Å²) in [6, 6.07) is 1.80. The lowest BCUT2D eigenvalue weighted by Crippen LogP contribution is -2.32. The molecule has 1 fully saturated rings. The third-order valence-corrected chi connectivity index (χ3v) is 4.14. The first kappa shape index (κ1) is 16.0. The standard InChI is InChI=1S/C15H22ClN3O2/c1-2-11(9-20)18-14-13(16)7-10(8-17-14)15(21)19-12-5-3-4-6-12/h7-8,11-12,20H,2-6,9H2,1H3,(H,17,18)(H,19,21)/t11-/m0/s1. The minimum Gasteiger partial charge on any atom is -0.394 e. The van der Waals surface area contributed by atoms with Gasteiger partial charge >= 0.3 is 0 Å². The van der Waals surface area contributed by atoms with Crippen molar-refractivity contribution in [1.82, 2.24) is 10.3 Å². The zero-order valence-electron chi connectivity index (χ0n) is 12.2. The van der Waals surface area contributed by atoms with Crippen LogP contribution in [-0.2, 0) is 0 Å². The summed E-state index contributed by atoms with van der Waals surface area (Å²) in [6.07, 6.45) is 6.71. The fraction of sp³-hybridized carbons (Fsp3) is 0.600. The molecule has 116 valence electrons. The van der Waals surface area contributed by atoms with E-state index in [1.54, 1.807) is 6.07 Å². The molecule has 1 saturated carbocycles. The maximum atomic E-state index is 12.1. The van der Waals surface area contributed by atoms with Crippen molar-refractivity contribution in [2.45, 2.75) is 51.1 Å².